The van der Waals surface area contributed by atoms with E-state index in [4.69, 9.17) is 9.72 Å². The van der Waals surface area contributed by atoms with E-state index in [9.17, 15) is 9.59 Å². The molecule has 0 bridgehead atoms. The van der Waals surface area contributed by atoms with Crippen molar-refractivity contribution in [1.82, 2.24) is 25.6 Å². The van der Waals surface area contributed by atoms with Crippen LogP contribution in [-0.4, -0.2) is 52.1 Å². The standard InChI is InChI=1S/C23H29N5O3S/c1-13(23(2,3)4)26-21(29)15-11-24-20-19(15)28-16(12-25-20)17-5-6-18(32-17)22(30)27-14-7-9-31-10-8-14/h5-6,11-14H,7-10H2,1-4H3,(H,24,25)(H,26,29)(H,27,30)/t13-/m0/s1. The van der Waals surface area contributed by atoms with E-state index in [-0.39, 0.29) is 29.3 Å². The smallest absolute Gasteiger partial charge is 0.261 e. The van der Waals surface area contributed by atoms with Gasteiger partial charge in [0.05, 0.1) is 27.2 Å². The molecule has 4 heterocycles. The third kappa shape index (κ3) is 4.83. The highest BCUT2D eigenvalue weighted by molar-refractivity contribution is 7.17. The molecule has 2 amide bonds. The fourth-order valence-corrected chi connectivity index (χ4v) is 4.23. The van der Waals surface area contributed by atoms with Crippen LogP contribution in [0.25, 0.3) is 21.7 Å². The number of carbonyl (C=O) groups is 2. The molecule has 4 rings (SSSR count). The van der Waals surface area contributed by atoms with Crippen molar-refractivity contribution in [2.24, 2.45) is 5.41 Å². The van der Waals surface area contributed by atoms with Crippen LogP contribution in [0.1, 0.15) is 60.6 Å². The van der Waals surface area contributed by atoms with E-state index in [1.54, 1.807) is 18.5 Å². The lowest BCUT2D eigenvalue weighted by molar-refractivity contribution is 0.0698. The van der Waals surface area contributed by atoms with Crippen LogP contribution < -0.4 is 10.6 Å². The number of aromatic amines is 1. The predicted molar refractivity (Wildman–Crippen MR) is 125 cm³/mol. The quantitative estimate of drug-likeness (QED) is 0.543. The molecule has 1 atom stereocenters. The van der Waals surface area contributed by atoms with Gasteiger partial charge in [-0.1, -0.05) is 20.8 Å². The topological polar surface area (TPSA) is 109 Å². The fraction of sp³-hybridized carbons (Fsp3) is 0.478. The van der Waals surface area contributed by atoms with Crippen molar-refractivity contribution < 1.29 is 14.3 Å². The van der Waals surface area contributed by atoms with Crippen molar-refractivity contribution in [2.75, 3.05) is 13.2 Å². The molecule has 0 aromatic carbocycles. The fourth-order valence-electron chi connectivity index (χ4n) is 3.37. The van der Waals surface area contributed by atoms with Crippen molar-refractivity contribution in [3.05, 3.63) is 35.0 Å². The van der Waals surface area contributed by atoms with Crippen molar-refractivity contribution >= 4 is 34.3 Å². The lowest BCUT2D eigenvalue weighted by Crippen LogP contribution is -2.41. The number of thiophene rings is 1. The van der Waals surface area contributed by atoms with E-state index >= 15 is 0 Å². The Morgan fingerprint density at radius 2 is 1.97 bits per heavy atom. The molecule has 170 valence electrons. The zero-order valence-electron chi connectivity index (χ0n) is 18.8. The minimum absolute atomic E-state index is 0.00909. The summed E-state index contributed by atoms with van der Waals surface area (Å²) in [6, 6.07) is 3.81. The van der Waals surface area contributed by atoms with Crippen molar-refractivity contribution in [2.45, 2.75) is 52.6 Å². The number of ether oxygens (including phenoxy) is 1. The third-order valence-corrected chi connectivity index (χ3v) is 7.02. The lowest BCUT2D eigenvalue weighted by Gasteiger charge is -2.27. The van der Waals surface area contributed by atoms with Crippen LogP contribution in [0.5, 0.6) is 0 Å². The molecule has 0 saturated carbocycles. The first-order chi connectivity index (χ1) is 15.2. The highest BCUT2D eigenvalue weighted by Gasteiger charge is 2.24. The van der Waals surface area contributed by atoms with E-state index in [0.29, 0.717) is 40.5 Å². The van der Waals surface area contributed by atoms with Crippen molar-refractivity contribution in [1.29, 1.82) is 0 Å². The molecule has 1 saturated heterocycles. The molecule has 0 radical (unpaired) electrons. The molecule has 0 unspecified atom stereocenters. The number of fused-ring (bicyclic) bond motifs is 1. The van der Waals surface area contributed by atoms with Crippen LogP contribution in [-0.2, 0) is 4.74 Å². The molecule has 32 heavy (non-hydrogen) atoms. The Morgan fingerprint density at radius 1 is 1.22 bits per heavy atom. The van der Waals surface area contributed by atoms with Gasteiger partial charge < -0.3 is 20.4 Å². The van der Waals surface area contributed by atoms with E-state index < -0.39 is 0 Å². The highest BCUT2D eigenvalue weighted by atomic mass is 32.1. The zero-order valence-corrected chi connectivity index (χ0v) is 19.6. The summed E-state index contributed by atoms with van der Waals surface area (Å²) in [5.41, 5.74) is 2.10. The molecule has 8 nitrogen and oxygen atoms in total. The Morgan fingerprint density at radius 3 is 2.69 bits per heavy atom. The first-order valence-corrected chi connectivity index (χ1v) is 11.7. The van der Waals surface area contributed by atoms with E-state index in [1.807, 2.05) is 13.0 Å². The van der Waals surface area contributed by atoms with Crippen LogP contribution >= 0.6 is 11.3 Å². The van der Waals surface area contributed by atoms with Gasteiger partial charge in [0.15, 0.2) is 5.65 Å². The molecule has 0 aliphatic carbocycles. The Labute approximate surface area is 191 Å². The first-order valence-electron chi connectivity index (χ1n) is 10.9. The lowest BCUT2D eigenvalue weighted by atomic mass is 9.88. The number of aromatic nitrogens is 3. The molecular formula is C23H29N5O3S. The van der Waals surface area contributed by atoms with Gasteiger partial charge in [0.1, 0.15) is 5.52 Å². The minimum Gasteiger partial charge on any atom is -0.381 e. The van der Waals surface area contributed by atoms with Crippen LogP contribution in [0.4, 0.5) is 0 Å². The van der Waals surface area contributed by atoms with Crippen LogP contribution in [0.2, 0.25) is 0 Å². The molecule has 3 aromatic heterocycles. The van der Waals surface area contributed by atoms with Crippen LogP contribution in [0.15, 0.2) is 24.5 Å². The van der Waals surface area contributed by atoms with E-state index in [0.717, 1.165) is 17.7 Å². The SMILES string of the molecule is C[C@H](NC(=O)c1c[nH]c2ncc(-c3ccc(C(=O)NC4CCOCC4)s3)nc12)C(C)(C)C. The monoisotopic (exact) mass is 455 g/mol. The summed E-state index contributed by atoms with van der Waals surface area (Å²) in [6.45, 7) is 9.59. The predicted octanol–water partition coefficient (Wildman–Crippen LogP) is 3.76. The maximum Gasteiger partial charge on any atom is 0.261 e. The summed E-state index contributed by atoms with van der Waals surface area (Å²) >= 11 is 1.37. The normalized spacial score (nSPS) is 16.1. The average Bonchev–Trinajstić information content (AvgIpc) is 3.41. The Balaban J connectivity index is 1.53. The summed E-state index contributed by atoms with van der Waals surface area (Å²) in [6.07, 6.45) is 4.96. The summed E-state index contributed by atoms with van der Waals surface area (Å²) in [5, 5.41) is 6.12. The summed E-state index contributed by atoms with van der Waals surface area (Å²) < 4.78 is 5.35. The second-order valence-electron chi connectivity index (χ2n) is 9.24. The number of amides is 2. The van der Waals surface area contributed by atoms with Crippen molar-refractivity contribution in [3.63, 3.8) is 0 Å². The maximum atomic E-state index is 12.8. The molecule has 0 spiro atoms. The number of hydrogen-bond donors (Lipinski definition) is 3. The Kier molecular flexibility index (Phi) is 6.30. The zero-order chi connectivity index (χ0) is 22.9. The molecule has 1 fully saturated rings. The first kappa shape index (κ1) is 22.4. The van der Waals surface area contributed by atoms with Gasteiger partial charge in [-0.15, -0.1) is 11.3 Å². The number of H-pyrrole nitrogens is 1. The second-order valence-corrected chi connectivity index (χ2v) is 10.3. The summed E-state index contributed by atoms with van der Waals surface area (Å²) in [4.78, 5) is 39.1. The summed E-state index contributed by atoms with van der Waals surface area (Å²) in [7, 11) is 0. The largest absolute Gasteiger partial charge is 0.381 e. The number of carbonyl (C=O) groups excluding carboxylic acids is 2. The molecule has 1 aliphatic rings. The van der Waals surface area contributed by atoms with Crippen LogP contribution in [0.3, 0.4) is 0 Å². The van der Waals surface area contributed by atoms with E-state index in [1.165, 1.54) is 11.3 Å². The molecule has 9 heteroatoms. The molecule has 3 aromatic rings. The van der Waals surface area contributed by atoms with Crippen molar-refractivity contribution in [3.8, 4) is 10.6 Å². The third-order valence-electron chi connectivity index (χ3n) is 5.91. The number of nitrogens with zero attached hydrogens (tertiary/aromatic N) is 2. The molecule has 3 N–H and O–H groups in total. The van der Waals surface area contributed by atoms with Gasteiger partial charge in [0.25, 0.3) is 11.8 Å². The average molecular weight is 456 g/mol. The Hall–Kier alpha value is -2.78. The van der Waals surface area contributed by atoms with Crippen LogP contribution in [0, 0.1) is 5.41 Å². The van der Waals surface area contributed by atoms with Gasteiger partial charge >= 0.3 is 0 Å². The van der Waals surface area contributed by atoms with Gasteiger partial charge in [0, 0.05) is 31.5 Å². The van der Waals surface area contributed by atoms with Gasteiger partial charge in [-0.2, -0.15) is 0 Å². The highest BCUT2D eigenvalue weighted by Crippen LogP contribution is 2.28. The molecular weight excluding hydrogens is 426 g/mol. The number of rotatable bonds is 5. The number of hydrogen-bond acceptors (Lipinski definition) is 6. The van der Waals surface area contributed by atoms with E-state index in [2.05, 4.69) is 41.4 Å². The van der Waals surface area contributed by atoms with Gasteiger partial charge in [-0.3, -0.25) is 9.59 Å². The molecule has 1 aliphatic heterocycles. The van der Waals surface area contributed by atoms with Gasteiger partial charge in [-0.25, -0.2) is 9.97 Å². The Bertz CT molecular complexity index is 1120. The maximum absolute atomic E-state index is 12.8. The summed E-state index contributed by atoms with van der Waals surface area (Å²) in [5.74, 6) is -0.270. The number of nitrogens with one attached hydrogen (secondary N) is 3. The van der Waals surface area contributed by atoms with Gasteiger partial charge in [-0.05, 0) is 37.3 Å². The second kappa shape index (κ2) is 8.99. The van der Waals surface area contributed by atoms with Gasteiger partial charge in [0.2, 0.25) is 0 Å². The minimum atomic E-state index is -0.187.